The topological polar surface area (TPSA) is 69.9 Å². The van der Waals surface area contributed by atoms with Crippen LogP contribution < -0.4 is 0 Å². The van der Waals surface area contributed by atoms with Gasteiger partial charge in [0.05, 0.1) is 6.10 Å². The Morgan fingerprint density at radius 2 is 1.80 bits per heavy atom. The Hall–Kier alpha value is -0.160. The van der Waals surface area contributed by atoms with E-state index in [0.717, 1.165) is 0 Å². The van der Waals surface area contributed by atoms with Gasteiger partial charge in [-0.3, -0.25) is 0 Å². The van der Waals surface area contributed by atoms with Crippen molar-refractivity contribution in [2.45, 2.75) is 37.9 Å². The van der Waals surface area contributed by atoms with Gasteiger partial charge < -0.3 is 20.1 Å². The number of hydrogen-bond donors (Lipinski definition) is 3. The van der Waals surface area contributed by atoms with Crippen LogP contribution in [0.15, 0.2) is 0 Å². The number of hydrogen-bond acceptors (Lipinski definition) is 4. The van der Waals surface area contributed by atoms with Crippen molar-refractivity contribution >= 4 is 0 Å². The Bertz CT molecular complexity index is 116. The lowest BCUT2D eigenvalue weighted by Crippen LogP contribution is -2.31. The van der Waals surface area contributed by atoms with Crippen LogP contribution in [0.4, 0.5) is 0 Å². The summed E-state index contributed by atoms with van der Waals surface area (Å²) in [7, 11) is 0. The molecular weight excluding hydrogens is 136 g/mol. The third-order valence-corrected chi connectivity index (χ3v) is 1.74. The molecule has 4 unspecified atom stereocenters. The Morgan fingerprint density at radius 1 is 1.20 bits per heavy atom. The fourth-order valence-corrected chi connectivity index (χ4v) is 1.07. The van der Waals surface area contributed by atoms with Gasteiger partial charge in [-0.2, -0.15) is 0 Å². The summed E-state index contributed by atoms with van der Waals surface area (Å²) in [5.74, 6) is 0. The molecule has 1 heterocycles. The molecule has 0 aliphatic carbocycles. The molecule has 0 radical (unpaired) electrons. The summed E-state index contributed by atoms with van der Waals surface area (Å²) in [4.78, 5) is 0. The molecule has 60 valence electrons. The molecular formula is C6H12O4. The van der Waals surface area contributed by atoms with Crippen molar-refractivity contribution in [3.8, 4) is 0 Å². The molecule has 0 saturated carbocycles. The van der Waals surface area contributed by atoms with E-state index in [-0.39, 0.29) is 0 Å². The standard InChI is InChI=1S/C6H12O4/c1-2-3-4(7)5(8)6(9)10-3/h3-9H,2H2,1H3. The van der Waals surface area contributed by atoms with Gasteiger partial charge in [-0.15, -0.1) is 0 Å². The predicted octanol–water partition coefficient (Wildman–Crippen LogP) is -1.16. The van der Waals surface area contributed by atoms with E-state index in [1.54, 1.807) is 0 Å². The smallest absolute Gasteiger partial charge is 0.183 e. The fraction of sp³-hybridized carbons (Fsp3) is 1.00. The fourth-order valence-electron chi connectivity index (χ4n) is 1.07. The Morgan fingerprint density at radius 3 is 2.00 bits per heavy atom. The van der Waals surface area contributed by atoms with Crippen molar-refractivity contribution in [2.75, 3.05) is 0 Å². The van der Waals surface area contributed by atoms with Crippen molar-refractivity contribution in [3.05, 3.63) is 0 Å². The molecule has 4 nitrogen and oxygen atoms in total. The molecule has 4 heteroatoms. The average Bonchev–Trinajstić information content (AvgIpc) is 2.17. The first kappa shape index (κ1) is 7.94. The van der Waals surface area contributed by atoms with E-state index in [1.807, 2.05) is 6.92 Å². The van der Waals surface area contributed by atoms with Crippen LogP contribution in [0.2, 0.25) is 0 Å². The zero-order chi connectivity index (χ0) is 7.72. The Labute approximate surface area is 59.1 Å². The third-order valence-electron chi connectivity index (χ3n) is 1.74. The maximum absolute atomic E-state index is 9.09. The van der Waals surface area contributed by atoms with Crippen LogP contribution in [0.25, 0.3) is 0 Å². The van der Waals surface area contributed by atoms with Gasteiger partial charge in [-0.1, -0.05) is 6.92 Å². The van der Waals surface area contributed by atoms with E-state index >= 15 is 0 Å². The quantitative estimate of drug-likeness (QED) is 0.438. The van der Waals surface area contributed by atoms with Gasteiger partial charge in [0.1, 0.15) is 12.2 Å². The molecule has 0 aromatic rings. The number of aliphatic hydroxyl groups excluding tert-OH is 3. The largest absolute Gasteiger partial charge is 0.387 e. The van der Waals surface area contributed by atoms with Gasteiger partial charge in [0.25, 0.3) is 0 Å². The molecule has 0 aromatic heterocycles. The summed E-state index contributed by atoms with van der Waals surface area (Å²) in [6, 6.07) is 0. The second-order valence-corrected chi connectivity index (χ2v) is 2.45. The molecule has 0 bridgehead atoms. The van der Waals surface area contributed by atoms with Crippen LogP contribution in [-0.4, -0.2) is 39.9 Å². The highest BCUT2D eigenvalue weighted by Crippen LogP contribution is 2.21. The molecule has 1 aliphatic rings. The first-order chi connectivity index (χ1) is 4.66. The second kappa shape index (κ2) is 2.84. The highest BCUT2D eigenvalue weighted by Gasteiger charge is 2.40. The van der Waals surface area contributed by atoms with Gasteiger partial charge in [0.2, 0.25) is 0 Å². The first-order valence-corrected chi connectivity index (χ1v) is 3.36. The minimum atomic E-state index is -1.22. The minimum Gasteiger partial charge on any atom is -0.387 e. The summed E-state index contributed by atoms with van der Waals surface area (Å²) in [5.41, 5.74) is 0. The molecule has 1 saturated heterocycles. The third kappa shape index (κ3) is 1.15. The molecule has 0 aromatic carbocycles. The van der Waals surface area contributed by atoms with Crippen molar-refractivity contribution in [1.29, 1.82) is 0 Å². The lowest BCUT2D eigenvalue weighted by atomic mass is 10.1. The van der Waals surface area contributed by atoms with Crippen LogP contribution in [0.5, 0.6) is 0 Å². The summed E-state index contributed by atoms with van der Waals surface area (Å²) in [6.45, 7) is 1.82. The summed E-state index contributed by atoms with van der Waals surface area (Å²) < 4.78 is 4.79. The van der Waals surface area contributed by atoms with Crippen LogP contribution in [0, 0.1) is 0 Å². The predicted molar refractivity (Wildman–Crippen MR) is 33.2 cm³/mol. The van der Waals surface area contributed by atoms with Gasteiger partial charge in [-0.25, -0.2) is 0 Å². The SMILES string of the molecule is CCC1OC(O)C(O)C1O. The molecule has 4 atom stereocenters. The highest BCUT2D eigenvalue weighted by molar-refractivity contribution is 4.84. The monoisotopic (exact) mass is 148 g/mol. The van der Waals surface area contributed by atoms with Crippen molar-refractivity contribution in [3.63, 3.8) is 0 Å². The van der Waals surface area contributed by atoms with E-state index in [2.05, 4.69) is 0 Å². The zero-order valence-electron chi connectivity index (χ0n) is 5.77. The van der Waals surface area contributed by atoms with Gasteiger partial charge in [-0.05, 0) is 6.42 Å². The normalized spacial score (nSPS) is 48.0. The maximum atomic E-state index is 9.09. The van der Waals surface area contributed by atoms with E-state index in [9.17, 15) is 0 Å². The Balaban J connectivity index is 2.53. The summed E-state index contributed by atoms with van der Waals surface area (Å²) >= 11 is 0. The molecule has 1 rings (SSSR count). The molecule has 10 heavy (non-hydrogen) atoms. The van der Waals surface area contributed by atoms with Gasteiger partial charge in [0.15, 0.2) is 6.29 Å². The number of aliphatic hydroxyl groups is 3. The van der Waals surface area contributed by atoms with Crippen LogP contribution >= 0.6 is 0 Å². The van der Waals surface area contributed by atoms with Crippen molar-refractivity contribution in [2.24, 2.45) is 0 Å². The van der Waals surface area contributed by atoms with Crippen LogP contribution in [0.3, 0.4) is 0 Å². The van der Waals surface area contributed by atoms with Gasteiger partial charge in [0, 0.05) is 0 Å². The van der Waals surface area contributed by atoms with Crippen LogP contribution in [0.1, 0.15) is 13.3 Å². The Kier molecular flexibility index (Phi) is 2.25. The molecule has 3 N–H and O–H groups in total. The first-order valence-electron chi connectivity index (χ1n) is 3.36. The number of ether oxygens (including phenoxy) is 1. The minimum absolute atomic E-state index is 0.426. The van der Waals surface area contributed by atoms with E-state index in [1.165, 1.54) is 0 Å². The van der Waals surface area contributed by atoms with E-state index in [4.69, 9.17) is 20.1 Å². The summed E-state index contributed by atoms with van der Waals surface area (Å²) in [6.07, 6.45) is -3.15. The van der Waals surface area contributed by atoms with Crippen LogP contribution in [-0.2, 0) is 4.74 Å². The lowest BCUT2D eigenvalue weighted by molar-refractivity contribution is -0.127. The van der Waals surface area contributed by atoms with Crippen molar-refractivity contribution in [1.82, 2.24) is 0 Å². The average molecular weight is 148 g/mol. The molecule has 0 amide bonds. The summed E-state index contributed by atoms with van der Waals surface area (Å²) in [5, 5.41) is 26.9. The van der Waals surface area contributed by atoms with Crippen molar-refractivity contribution < 1.29 is 20.1 Å². The number of rotatable bonds is 1. The van der Waals surface area contributed by atoms with E-state index < -0.39 is 24.6 Å². The van der Waals surface area contributed by atoms with E-state index in [0.29, 0.717) is 6.42 Å². The lowest BCUT2D eigenvalue weighted by Gasteiger charge is -2.10. The second-order valence-electron chi connectivity index (χ2n) is 2.45. The highest BCUT2D eigenvalue weighted by atomic mass is 16.6. The maximum Gasteiger partial charge on any atom is 0.183 e. The molecule has 1 fully saturated rings. The zero-order valence-corrected chi connectivity index (χ0v) is 5.77. The molecule has 1 aliphatic heterocycles. The molecule has 0 spiro atoms. The van der Waals surface area contributed by atoms with Gasteiger partial charge >= 0.3 is 0 Å².